The Hall–Kier alpha value is -0.850. The fraction of sp³-hybridized carbons (Fsp3) is 0.750. The molecule has 0 spiro atoms. The second-order valence-corrected chi connectivity index (χ2v) is 9.00. The van der Waals surface area contributed by atoms with Gasteiger partial charge in [-0.1, -0.05) is 13.8 Å². The first-order valence-corrected chi connectivity index (χ1v) is 9.57. The van der Waals surface area contributed by atoms with E-state index in [1.54, 1.807) is 11.4 Å². The summed E-state index contributed by atoms with van der Waals surface area (Å²) in [4.78, 5) is 0. The van der Waals surface area contributed by atoms with Gasteiger partial charge in [-0.3, -0.25) is 0 Å². The summed E-state index contributed by atoms with van der Waals surface area (Å²) in [5.74, 6) is 3.56. The van der Waals surface area contributed by atoms with Gasteiger partial charge in [0, 0.05) is 26.1 Å². The van der Waals surface area contributed by atoms with Gasteiger partial charge >= 0.3 is 0 Å². The Bertz CT molecular complexity index is 617. The zero-order valence-electron chi connectivity index (χ0n) is 13.7. The first-order chi connectivity index (χ1) is 10.4. The minimum atomic E-state index is -3.38. The number of hydrogen-bond acceptors (Lipinski definition) is 3. The Labute approximate surface area is 133 Å². The molecule has 1 aliphatic carbocycles. The molecule has 0 bridgehead atoms. The summed E-state index contributed by atoms with van der Waals surface area (Å²) in [6, 6.07) is 3.90. The number of furan rings is 1. The fourth-order valence-electron chi connectivity index (χ4n) is 3.11. The van der Waals surface area contributed by atoms with Crippen molar-refractivity contribution < 1.29 is 12.8 Å². The molecular formula is C16H26N2O3S. The van der Waals surface area contributed by atoms with Crippen molar-refractivity contribution >= 4 is 10.2 Å². The highest BCUT2D eigenvalue weighted by atomic mass is 32.2. The molecule has 2 aliphatic rings. The van der Waals surface area contributed by atoms with Crippen molar-refractivity contribution in [3.8, 4) is 0 Å². The fourth-order valence-corrected chi connectivity index (χ4v) is 4.47. The van der Waals surface area contributed by atoms with Crippen LogP contribution in [0.3, 0.4) is 0 Å². The molecule has 124 valence electrons. The molecule has 6 heteroatoms. The van der Waals surface area contributed by atoms with Gasteiger partial charge in [0.25, 0.3) is 10.2 Å². The zero-order chi connectivity index (χ0) is 15.9. The molecule has 2 fully saturated rings. The molecule has 1 aliphatic heterocycles. The van der Waals surface area contributed by atoms with Crippen molar-refractivity contribution in [3.63, 3.8) is 0 Å². The van der Waals surface area contributed by atoms with Gasteiger partial charge in [-0.05, 0) is 43.2 Å². The lowest BCUT2D eigenvalue weighted by molar-refractivity contribution is 0.266. The van der Waals surface area contributed by atoms with E-state index in [1.807, 2.05) is 12.1 Å². The summed E-state index contributed by atoms with van der Waals surface area (Å²) in [6.45, 7) is 5.93. The topological polar surface area (TPSA) is 53.8 Å². The van der Waals surface area contributed by atoms with Crippen LogP contribution in [0, 0.1) is 11.8 Å². The highest BCUT2D eigenvalue weighted by Gasteiger charge is 2.37. The quantitative estimate of drug-likeness (QED) is 0.836. The van der Waals surface area contributed by atoms with E-state index >= 15 is 0 Å². The second-order valence-electron chi connectivity index (χ2n) is 6.97. The molecule has 22 heavy (non-hydrogen) atoms. The molecule has 0 aromatic carbocycles. The SMILES string of the molecule is CC1CCN(S(=O)(=O)N(C)Cc2ccc([C@@H]3C[C@H]3C)o2)CC1. The molecule has 0 unspecified atom stereocenters. The highest BCUT2D eigenvalue weighted by Crippen LogP contribution is 2.47. The Balaban J connectivity index is 1.63. The van der Waals surface area contributed by atoms with Crippen LogP contribution in [0.1, 0.15) is 50.5 Å². The van der Waals surface area contributed by atoms with Crippen LogP contribution in [0.25, 0.3) is 0 Å². The Kier molecular flexibility index (Phi) is 4.36. The van der Waals surface area contributed by atoms with E-state index in [0.29, 0.717) is 37.4 Å². The van der Waals surface area contributed by atoms with Gasteiger partial charge in [-0.25, -0.2) is 0 Å². The van der Waals surface area contributed by atoms with Crippen molar-refractivity contribution in [2.24, 2.45) is 11.8 Å². The van der Waals surface area contributed by atoms with Crippen LogP contribution in [0.15, 0.2) is 16.5 Å². The van der Waals surface area contributed by atoms with Crippen molar-refractivity contribution in [2.45, 2.75) is 45.6 Å². The Morgan fingerprint density at radius 2 is 1.91 bits per heavy atom. The minimum absolute atomic E-state index is 0.301. The number of rotatable bonds is 5. The predicted octanol–water partition coefficient (Wildman–Crippen LogP) is 2.81. The molecule has 0 radical (unpaired) electrons. The smallest absolute Gasteiger partial charge is 0.282 e. The molecule has 2 atom stereocenters. The van der Waals surface area contributed by atoms with Crippen LogP contribution in [0.5, 0.6) is 0 Å². The van der Waals surface area contributed by atoms with Crippen LogP contribution in [-0.2, 0) is 16.8 Å². The van der Waals surface area contributed by atoms with Crippen molar-refractivity contribution in [1.29, 1.82) is 0 Å². The standard InChI is InChI=1S/C16H26N2O3S/c1-12-6-8-18(9-7-12)22(19,20)17(3)11-14-4-5-16(21-14)15-10-13(15)2/h4-5,12-13,15H,6-11H2,1-3H3/t13-,15-/m1/s1. The van der Waals surface area contributed by atoms with Crippen LogP contribution in [0.4, 0.5) is 0 Å². The van der Waals surface area contributed by atoms with E-state index in [-0.39, 0.29) is 0 Å². The minimum Gasteiger partial charge on any atom is -0.464 e. The van der Waals surface area contributed by atoms with Crippen LogP contribution < -0.4 is 0 Å². The molecule has 2 heterocycles. The van der Waals surface area contributed by atoms with E-state index in [0.717, 1.165) is 24.4 Å². The monoisotopic (exact) mass is 326 g/mol. The van der Waals surface area contributed by atoms with Gasteiger partial charge in [0.2, 0.25) is 0 Å². The van der Waals surface area contributed by atoms with Crippen molar-refractivity contribution in [3.05, 3.63) is 23.7 Å². The largest absolute Gasteiger partial charge is 0.464 e. The third kappa shape index (κ3) is 3.24. The summed E-state index contributed by atoms with van der Waals surface area (Å²) < 4.78 is 34.0. The molecule has 1 saturated heterocycles. The van der Waals surface area contributed by atoms with Crippen LogP contribution in [-0.4, -0.2) is 37.2 Å². The summed E-state index contributed by atoms with van der Waals surface area (Å²) in [7, 11) is -1.75. The van der Waals surface area contributed by atoms with Crippen LogP contribution in [0.2, 0.25) is 0 Å². The molecule has 1 aromatic rings. The number of piperidine rings is 1. The maximum absolute atomic E-state index is 12.6. The molecule has 5 nitrogen and oxygen atoms in total. The molecular weight excluding hydrogens is 300 g/mol. The lowest BCUT2D eigenvalue weighted by atomic mass is 10.0. The van der Waals surface area contributed by atoms with E-state index in [1.165, 1.54) is 10.7 Å². The zero-order valence-corrected chi connectivity index (χ0v) is 14.5. The van der Waals surface area contributed by atoms with E-state index in [4.69, 9.17) is 4.42 Å². The number of hydrogen-bond donors (Lipinski definition) is 0. The molecule has 0 N–H and O–H groups in total. The maximum Gasteiger partial charge on any atom is 0.282 e. The predicted molar refractivity (Wildman–Crippen MR) is 85.6 cm³/mol. The first-order valence-electron chi connectivity index (χ1n) is 8.18. The number of nitrogens with zero attached hydrogens (tertiary/aromatic N) is 2. The molecule has 1 saturated carbocycles. The highest BCUT2D eigenvalue weighted by molar-refractivity contribution is 7.86. The van der Waals surface area contributed by atoms with Crippen LogP contribution >= 0.6 is 0 Å². The lowest BCUT2D eigenvalue weighted by Crippen LogP contribution is -2.45. The third-order valence-electron chi connectivity index (χ3n) is 5.00. The third-order valence-corrected chi connectivity index (χ3v) is 6.93. The van der Waals surface area contributed by atoms with Gasteiger partial charge in [-0.15, -0.1) is 0 Å². The first kappa shape index (κ1) is 16.0. The maximum atomic E-state index is 12.6. The molecule has 0 amide bonds. The summed E-state index contributed by atoms with van der Waals surface area (Å²) in [5, 5.41) is 0. The van der Waals surface area contributed by atoms with Gasteiger partial charge in [0.1, 0.15) is 11.5 Å². The van der Waals surface area contributed by atoms with E-state index in [2.05, 4.69) is 13.8 Å². The normalized spacial score (nSPS) is 27.5. The molecule has 1 aromatic heterocycles. The van der Waals surface area contributed by atoms with Gasteiger partial charge in [0.05, 0.1) is 6.54 Å². The van der Waals surface area contributed by atoms with Gasteiger partial charge in [-0.2, -0.15) is 17.0 Å². The van der Waals surface area contributed by atoms with Crippen molar-refractivity contribution in [2.75, 3.05) is 20.1 Å². The van der Waals surface area contributed by atoms with Crippen molar-refractivity contribution in [1.82, 2.24) is 8.61 Å². The van der Waals surface area contributed by atoms with Gasteiger partial charge < -0.3 is 4.42 Å². The summed E-state index contributed by atoms with van der Waals surface area (Å²) >= 11 is 0. The Morgan fingerprint density at radius 3 is 2.50 bits per heavy atom. The Morgan fingerprint density at radius 1 is 1.27 bits per heavy atom. The average Bonchev–Trinajstić information content (AvgIpc) is 3.02. The van der Waals surface area contributed by atoms with Gasteiger partial charge in [0.15, 0.2) is 0 Å². The second kappa shape index (κ2) is 5.98. The summed E-state index contributed by atoms with van der Waals surface area (Å²) in [5.41, 5.74) is 0. The average molecular weight is 326 g/mol. The van der Waals surface area contributed by atoms with E-state index < -0.39 is 10.2 Å². The van der Waals surface area contributed by atoms with E-state index in [9.17, 15) is 8.42 Å². The lowest BCUT2D eigenvalue weighted by Gasteiger charge is -2.32. The molecule has 3 rings (SSSR count). The summed E-state index contributed by atoms with van der Waals surface area (Å²) in [6.07, 6.45) is 3.06.